The van der Waals surface area contributed by atoms with Crippen LogP contribution < -0.4 is 14.8 Å². The number of aliphatic hydroxyl groups excluding tert-OH is 3. The van der Waals surface area contributed by atoms with Crippen LogP contribution in [0.1, 0.15) is 98.7 Å². The minimum Gasteiger partial charge on any atom is -0.459 e. The van der Waals surface area contributed by atoms with Gasteiger partial charge < -0.3 is 49.3 Å². The molecule has 0 radical (unpaired) electrons. The van der Waals surface area contributed by atoms with Crippen LogP contribution in [0, 0.1) is 29.1 Å². The van der Waals surface area contributed by atoms with Gasteiger partial charge in [-0.2, -0.15) is 5.26 Å². The second-order valence-corrected chi connectivity index (χ2v) is 17.7. The lowest BCUT2D eigenvalue weighted by atomic mass is 9.55. The number of nitrogens with zero attached hydrogens (tertiary/aromatic N) is 3. The number of oxime groups is 1. The predicted octanol–water partition coefficient (Wildman–Crippen LogP) is 7.43. The van der Waals surface area contributed by atoms with E-state index in [2.05, 4.69) is 24.0 Å². The molecule has 6 rings (SSSR count). The van der Waals surface area contributed by atoms with Gasteiger partial charge in [0.15, 0.2) is 0 Å². The molecule has 0 bridgehead atoms. The monoisotopic (exact) mass is 892 g/mol. The molecule has 65 heavy (non-hydrogen) atoms. The summed E-state index contributed by atoms with van der Waals surface area (Å²) in [5.74, 6) is -2.16. The maximum absolute atomic E-state index is 15.1. The number of amides is 2. The highest BCUT2D eigenvalue weighted by Crippen LogP contribution is 2.62. The number of nitrogens with one attached hydrogen (secondary N) is 1. The highest BCUT2D eigenvalue weighted by atomic mass is 16.7. The largest absolute Gasteiger partial charge is 0.459 e. The zero-order valence-corrected chi connectivity index (χ0v) is 37.8. The number of hydrogen-bond acceptors (Lipinski definition) is 12. The number of hydrogen-bond donors (Lipinski definition) is 4. The average molecular weight is 893 g/mol. The van der Waals surface area contributed by atoms with Crippen LogP contribution in [0.3, 0.4) is 0 Å². The van der Waals surface area contributed by atoms with Gasteiger partial charge in [-0.25, -0.2) is 4.79 Å². The van der Waals surface area contributed by atoms with Gasteiger partial charge in [-0.1, -0.05) is 60.5 Å². The summed E-state index contributed by atoms with van der Waals surface area (Å²) in [7, 11) is 0. The van der Waals surface area contributed by atoms with Crippen molar-refractivity contribution < 1.29 is 48.7 Å². The fourth-order valence-electron chi connectivity index (χ4n) is 9.40. The number of nitriles is 1. The highest BCUT2D eigenvalue weighted by molar-refractivity contribution is 6.03. The summed E-state index contributed by atoms with van der Waals surface area (Å²) < 4.78 is 26.1. The second kappa shape index (κ2) is 23.1. The summed E-state index contributed by atoms with van der Waals surface area (Å²) in [6, 6.07) is 22.6. The Morgan fingerprint density at radius 1 is 0.985 bits per heavy atom. The summed E-state index contributed by atoms with van der Waals surface area (Å²) in [6.07, 6.45) is 7.63. The molecule has 4 N–H and O–H groups in total. The molecule has 2 aliphatic carbocycles. The van der Waals surface area contributed by atoms with Gasteiger partial charge in [0.05, 0.1) is 49.7 Å². The normalized spacial score (nSPS) is 22.6. The molecule has 6 unspecified atom stereocenters. The molecule has 0 spiro atoms. The molecule has 2 amide bonds. The molecule has 1 aliphatic heterocycles. The predicted molar refractivity (Wildman–Crippen MR) is 245 cm³/mol. The van der Waals surface area contributed by atoms with Crippen LogP contribution in [0.5, 0.6) is 11.5 Å². The first-order valence-corrected chi connectivity index (χ1v) is 22.7. The van der Waals surface area contributed by atoms with Crippen LogP contribution in [-0.2, 0) is 20.9 Å². The van der Waals surface area contributed by atoms with Crippen molar-refractivity contribution in [2.45, 2.75) is 95.6 Å². The van der Waals surface area contributed by atoms with Crippen LogP contribution in [0.2, 0.25) is 0 Å². The van der Waals surface area contributed by atoms with Gasteiger partial charge in [0, 0.05) is 49.8 Å². The van der Waals surface area contributed by atoms with Crippen LogP contribution >= 0.6 is 0 Å². The van der Waals surface area contributed by atoms with E-state index >= 15 is 4.79 Å². The fraction of sp³-hybridized carbons (Fsp3) is 0.490. The van der Waals surface area contributed by atoms with E-state index in [0.717, 1.165) is 36.0 Å². The summed E-state index contributed by atoms with van der Waals surface area (Å²) in [5, 5.41) is 46.8. The summed E-state index contributed by atoms with van der Waals surface area (Å²) in [4.78, 5) is 36.3. The maximum atomic E-state index is 15.1. The van der Waals surface area contributed by atoms with Gasteiger partial charge in [0.2, 0.25) is 5.79 Å². The minimum atomic E-state index is -1.56. The smallest absolute Gasteiger partial charge is 0.412 e. The van der Waals surface area contributed by atoms with Gasteiger partial charge >= 0.3 is 6.09 Å². The van der Waals surface area contributed by atoms with E-state index in [1.54, 1.807) is 47.4 Å². The number of rotatable bonds is 22. The molecule has 348 valence electrons. The van der Waals surface area contributed by atoms with Crippen molar-refractivity contribution >= 4 is 17.7 Å². The van der Waals surface area contributed by atoms with Gasteiger partial charge in [0.1, 0.15) is 23.1 Å². The first-order valence-electron chi connectivity index (χ1n) is 22.7. The van der Waals surface area contributed by atoms with Crippen LogP contribution in [0.15, 0.2) is 102 Å². The van der Waals surface area contributed by atoms with Gasteiger partial charge in [-0.3, -0.25) is 4.79 Å². The summed E-state index contributed by atoms with van der Waals surface area (Å²) >= 11 is 0. The van der Waals surface area contributed by atoms with Gasteiger partial charge in [-0.15, -0.1) is 6.58 Å². The van der Waals surface area contributed by atoms with E-state index in [4.69, 9.17) is 28.9 Å². The molecule has 3 aromatic carbocycles. The summed E-state index contributed by atoms with van der Waals surface area (Å²) in [6.45, 7) is 10.2. The molecular formula is C51H64N4O10. The van der Waals surface area contributed by atoms with Crippen molar-refractivity contribution in [2.75, 3.05) is 46.2 Å². The van der Waals surface area contributed by atoms with Crippen molar-refractivity contribution in [3.8, 4) is 17.6 Å². The summed E-state index contributed by atoms with van der Waals surface area (Å²) in [5.41, 5.74) is 3.26. The Morgan fingerprint density at radius 2 is 1.72 bits per heavy atom. The molecule has 14 heteroatoms. The van der Waals surface area contributed by atoms with Crippen molar-refractivity contribution in [1.82, 2.24) is 10.2 Å². The minimum absolute atomic E-state index is 0.0158. The third-order valence-corrected chi connectivity index (χ3v) is 12.2. The molecule has 3 aromatic rings. The van der Waals surface area contributed by atoms with E-state index in [1.165, 1.54) is 0 Å². The zero-order chi connectivity index (χ0) is 46.4. The van der Waals surface area contributed by atoms with Crippen molar-refractivity contribution in [2.24, 2.45) is 22.9 Å². The van der Waals surface area contributed by atoms with Crippen LogP contribution in [-0.4, -0.2) is 102 Å². The number of aliphatic hydroxyl groups is 3. The Labute approximate surface area is 382 Å². The highest BCUT2D eigenvalue weighted by Gasteiger charge is 2.65. The first-order chi connectivity index (χ1) is 31.5. The lowest BCUT2D eigenvalue weighted by Crippen LogP contribution is -2.70. The molecule has 1 heterocycles. The average Bonchev–Trinajstić information content (AvgIpc) is 3.31. The van der Waals surface area contributed by atoms with Crippen LogP contribution in [0.4, 0.5) is 4.79 Å². The second-order valence-electron chi connectivity index (χ2n) is 17.7. The number of carbonyl (C=O) groups is 2. The molecule has 14 nitrogen and oxygen atoms in total. The maximum Gasteiger partial charge on any atom is 0.412 e. The SMILES string of the molecule is C=CCOC12Oc3ccc(OC(=O)NCc4ccccc4)cc3C3C(CCCCO)C(CCCCO)C=C(C(=NOC(C)(C)C)CC1N(CCOCCO)C(=O)c1ccc(C#N)cc1)C32. The Balaban J connectivity index is 1.56. The van der Waals surface area contributed by atoms with Gasteiger partial charge in [-0.05, 0) is 112 Å². The first kappa shape index (κ1) is 48.9. The van der Waals surface area contributed by atoms with E-state index in [9.17, 15) is 25.4 Å². The molecule has 3 aliphatic rings. The van der Waals surface area contributed by atoms with Crippen molar-refractivity contribution in [3.63, 3.8) is 0 Å². The molecule has 0 saturated heterocycles. The zero-order valence-electron chi connectivity index (χ0n) is 37.8. The molecule has 1 fully saturated rings. The van der Waals surface area contributed by atoms with E-state index in [0.29, 0.717) is 47.6 Å². The van der Waals surface area contributed by atoms with E-state index in [1.807, 2.05) is 57.2 Å². The Morgan fingerprint density at radius 3 is 2.40 bits per heavy atom. The Bertz CT molecular complexity index is 2170. The lowest BCUT2D eigenvalue weighted by Gasteiger charge is -2.60. The number of fused-ring (bicyclic) bond motifs is 2. The fourth-order valence-corrected chi connectivity index (χ4v) is 9.40. The number of carbonyl (C=O) groups excluding carboxylic acids is 2. The number of benzene rings is 3. The van der Waals surface area contributed by atoms with E-state index in [-0.39, 0.29) is 82.8 Å². The van der Waals surface area contributed by atoms with Crippen molar-refractivity contribution in [1.29, 1.82) is 5.26 Å². The quantitative estimate of drug-likeness (QED) is 0.0446. The third kappa shape index (κ3) is 12.0. The van der Waals surface area contributed by atoms with Gasteiger partial charge in [0.25, 0.3) is 5.91 Å². The number of unbranched alkanes of at least 4 members (excludes halogenated alkanes) is 2. The molecule has 0 aromatic heterocycles. The van der Waals surface area contributed by atoms with Crippen molar-refractivity contribution in [3.05, 3.63) is 119 Å². The molecular weight excluding hydrogens is 829 g/mol. The standard InChI is InChI=1S/C51H64N4O10/c1-5-27-62-51-45(55(23-28-61-29-26-58)48(59)37-19-17-35(33-52)18-20-37)32-43(54-65-50(2,3)4)41-30-38(15-9-11-24-56)40(16-10-12-25-57)46(47(41)51)42-31-39(21-22-44(42)64-51)63-49(60)53-34-36-13-7-6-8-14-36/h5-8,13-14,17-22,30-31,38,40,45-47,56-58H,1,9-12,15-16,23-29,32,34H2,2-4H3,(H,53,60). The van der Waals surface area contributed by atoms with Crippen LogP contribution in [0.25, 0.3) is 0 Å². The number of ether oxygens (including phenoxy) is 4. The Kier molecular flexibility index (Phi) is 17.3. The number of allylic oxidation sites excluding steroid dienone is 1. The topological polar surface area (TPSA) is 192 Å². The third-order valence-electron chi connectivity index (χ3n) is 12.2. The lowest BCUT2D eigenvalue weighted by molar-refractivity contribution is -0.254. The Hall–Kier alpha value is -5.56. The van der Waals surface area contributed by atoms with E-state index < -0.39 is 29.4 Å². The molecule has 1 saturated carbocycles. The molecule has 6 atom stereocenters.